The van der Waals surface area contributed by atoms with E-state index in [-0.39, 0.29) is 49.2 Å². The highest BCUT2D eigenvalue weighted by atomic mass is 16.2. The molecular weight excluding hydrogens is 398 g/mol. The first kappa shape index (κ1) is 22.7. The van der Waals surface area contributed by atoms with E-state index in [0.717, 1.165) is 13.0 Å². The van der Waals surface area contributed by atoms with Crippen LogP contribution < -0.4 is 15.5 Å². The Morgan fingerprint density at radius 3 is 2.74 bits per heavy atom. The number of para-hydroxylation sites is 2. The topological polar surface area (TPSA) is 102 Å². The van der Waals surface area contributed by atoms with Crippen LogP contribution in [0.1, 0.15) is 32.6 Å². The Labute approximate surface area is 182 Å². The molecule has 168 valence electrons. The average molecular weight is 430 g/mol. The number of hydrogen-bond donors (Lipinski definition) is 2. The molecule has 1 saturated heterocycles. The molecule has 1 aromatic carbocycles. The minimum absolute atomic E-state index is 0.0581. The van der Waals surface area contributed by atoms with Gasteiger partial charge in [0.25, 0.3) is 0 Å². The molecule has 4 amide bonds. The van der Waals surface area contributed by atoms with Crippen LogP contribution in [-0.4, -0.2) is 79.2 Å². The molecule has 1 aromatic rings. The van der Waals surface area contributed by atoms with E-state index >= 15 is 0 Å². The molecule has 1 atom stereocenters. The van der Waals surface area contributed by atoms with Gasteiger partial charge in [0, 0.05) is 38.5 Å². The largest absolute Gasteiger partial charge is 0.355 e. The van der Waals surface area contributed by atoms with Gasteiger partial charge in [0.15, 0.2) is 0 Å². The number of hydrogen-bond acceptors (Lipinski definition) is 5. The second-order valence-electron chi connectivity index (χ2n) is 8.24. The third-order valence-corrected chi connectivity index (χ3v) is 5.55. The Kier molecular flexibility index (Phi) is 7.62. The van der Waals surface area contributed by atoms with Crippen molar-refractivity contribution in [2.45, 2.75) is 38.6 Å². The van der Waals surface area contributed by atoms with E-state index in [1.165, 1.54) is 0 Å². The van der Waals surface area contributed by atoms with Crippen LogP contribution in [0, 0.1) is 0 Å². The Morgan fingerprint density at radius 1 is 1.23 bits per heavy atom. The third-order valence-electron chi connectivity index (χ3n) is 5.55. The van der Waals surface area contributed by atoms with E-state index in [1.807, 2.05) is 30.0 Å². The Bertz CT molecular complexity index is 843. The van der Waals surface area contributed by atoms with Crippen LogP contribution in [0.5, 0.6) is 0 Å². The van der Waals surface area contributed by atoms with E-state index in [4.69, 9.17) is 0 Å². The number of rotatable bonds is 8. The maximum atomic E-state index is 13.0. The lowest BCUT2D eigenvalue weighted by molar-refractivity contribution is -0.127. The summed E-state index contributed by atoms with van der Waals surface area (Å²) in [4.78, 5) is 54.1. The highest BCUT2D eigenvalue weighted by molar-refractivity contribution is 6.05. The molecule has 2 heterocycles. The molecule has 0 saturated carbocycles. The molecule has 0 spiro atoms. The van der Waals surface area contributed by atoms with Crippen molar-refractivity contribution in [3.05, 3.63) is 24.3 Å². The number of benzene rings is 1. The number of nitrogens with one attached hydrogen (secondary N) is 2. The molecule has 0 aliphatic carbocycles. The number of likely N-dealkylation sites (N-methyl/N-ethyl adjacent to an activating group) is 1. The third kappa shape index (κ3) is 6.04. The van der Waals surface area contributed by atoms with Crippen LogP contribution >= 0.6 is 0 Å². The quantitative estimate of drug-likeness (QED) is 0.596. The smallest absolute Gasteiger partial charge is 0.241 e. The average Bonchev–Trinajstić information content (AvgIpc) is 3.05. The maximum absolute atomic E-state index is 13.0. The molecule has 1 unspecified atom stereocenters. The molecule has 1 fully saturated rings. The van der Waals surface area contributed by atoms with Crippen LogP contribution in [0.4, 0.5) is 11.4 Å². The predicted octanol–water partition coefficient (Wildman–Crippen LogP) is 0.811. The van der Waals surface area contributed by atoms with Crippen LogP contribution in [0.15, 0.2) is 24.3 Å². The first-order chi connectivity index (χ1) is 14.8. The summed E-state index contributed by atoms with van der Waals surface area (Å²) in [7, 11) is 1.72. The summed E-state index contributed by atoms with van der Waals surface area (Å²) in [5, 5.41) is 5.69. The van der Waals surface area contributed by atoms with Crippen LogP contribution in [-0.2, 0) is 19.2 Å². The summed E-state index contributed by atoms with van der Waals surface area (Å²) < 4.78 is 0. The van der Waals surface area contributed by atoms with Gasteiger partial charge in [0.1, 0.15) is 0 Å². The van der Waals surface area contributed by atoms with E-state index in [9.17, 15) is 19.2 Å². The zero-order chi connectivity index (χ0) is 22.4. The fraction of sp³-hybridized carbons (Fsp3) is 0.545. The maximum Gasteiger partial charge on any atom is 0.241 e. The highest BCUT2D eigenvalue weighted by Crippen LogP contribution is 2.31. The number of nitrogens with zero attached hydrogens (tertiary/aromatic N) is 3. The summed E-state index contributed by atoms with van der Waals surface area (Å²) in [5.74, 6) is -0.270. The SMILES string of the molecule is CC1CC(=O)Nc2ccccc2N1C(=O)CN(C)CC(=O)NCCCN1CCCC1=O. The molecule has 31 heavy (non-hydrogen) atoms. The van der Waals surface area contributed by atoms with Crippen molar-refractivity contribution < 1.29 is 19.2 Å². The van der Waals surface area contributed by atoms with E-state index < -0.39 is 0 Å². The van der Waals surface area contributed by atoms with Gasteiger partial charge in [-0.2, -0.15) is 0 Å². The molecule has 2 aliphatic rings. The van der Waals surface area contributed by atoms with Crippen molar-refractivity contribution in [2.24, 2.45) is 0 Å². The normalized spacial score (nSPS) is 18.6. The number of fused-ring (bicyclic) bond motifs is 1. The molecule has 0 radical (unpaired) electrons. The van der Waals surface area contributed by atoms with Gasteiger partial charge in [0.05, 0.1) is 24.5 Å². The number of carbonyl (C=O) groups is 4. The lowest BCUT2D eigenvalue weighted by Gasteiger charge is -2.29. The van der Waals surface area contributed by atoms with Crippen molar-refractivity contribution in [1.29, 1.82) is 0 Å². The predicted molar refractivity (Wildman–Crippen MR) is 118 cm³/mol. The Hall–Kier alpha value is -2.94. The second-order valence-corrected chi connectivity index (χ2v) is 8.24. The first-order valence-corrected chi connectivity index (χ1v) is 10.8. The van der Waals surface area contributed by atoms with E-state index in [0.29, 0.717) is 37.3 Å². The number of carbonyl (C=O) groups excluding carboxylic acids is 4. The highest BCUT2D eigenvalue weighted by Gasteiger charge is 2.30. The van der Waals surface area contributed by atoms with Crippen LogP contribution in [0.3, 0.4) is 0 Å². The van der Waals surface area contributed by atoms with Gasteiger partial charge in [-0.05, 0) is 38.9 Å². The summed E-state index contributed by atoms with van der Waals surface area (Å²) >= 11 is 0. The summed E-state index contributed by atoms with van der Waals surface area (Å²) in [6.07, 6.45) is 2.46. The second kappa shape index (κ2) is 10.4. The number of likely N-dealkylation sites (tertiary alicyclic amines) is 1. The van der Waals surface area contributed by atoms with Gasteiger partial charge < -0.3 is 20.4 Å². The van der Waals surface area contributed by atoms with Gasteiger partial charge >= 0.3 is 0 Å². The monoisotopic (exact) mass is 429 g/mol. The zero-order valence-electron chi connectivity index (χ0n) is 18.2. The lowest BCUT2D eigenvalue weighted by Crippen LogP contribution is -2.46. The fourth-order valence-corrected chi connectivity index (χ4v) is 4.07. The van der Waals surface area contributed by atoms with Crippen molar-refractivity contribution in [3.8, 4) is 0 Å². The molecule has 2 aliphatic heterocycles. The molecule has 9 nitrogen and oxygen atoms in total. The fourth-order valence-electron chi connectivity index (χ4n) is 4.07. The van der Waals surface area contributed by atoms with Gasteiger partial charge in [-0.3, -0.25) is 24.1 Å². The van der Waals surface area contributed by atoms with Crippen LogP contribution in [0.25, 0.3) is 0 Å². The van der Waals surface area contributed by atoms with Gasteiger partial charge in [-0.25, -0.2) is 0 Å². The van der Waals surface area contributed by atoms with Gasteiger partial charge in [-0.1, -0.05) is 12.1 Å². The van der Waals surface area contributed by atoms with Crippen molar-refractivity contribution in [2.75, 3.05) is 50.0 Å². The number of anilines is 2. The van der Waals surface area contributed by atoms with Gasteiger partial charge in [0.2, 0.25) is 23.6 Å². The standard InChI is InChI=1S/C22H31N5O4/c1-16-13-19(28)24-17-7-3-4-8-18(17)27(16)22(31)15-25(2)14-20(29)23-10-6-12-26-11-5-9-21(26)30/h3-4,7-8,16H,5-6,9-15H2,1-2H3,(H,23,29)(H,24,28). The zero-order valence-corrected chi connectivity index (χ0v) is 18.2. The van der Waals surface area contributed by atoms with E-state index in [1.54, 1.807) is 22.9 Å². The van der Waals surface area contributed by atoms with Crippen LogP contribution in [0.2, 0.25) is 0 Å². The summed E-state index contributed by atoms with van der Waals surface area (Å²) in [6.45, 7) is 3.95. The summed E-state index contributed by atoms with van der Waals surface area (Å²) in [6, 6.07) is 6.95. The molecular formula is C22H31N5O4. The summed E-state index contributed by atoms with van der Waals surface area (Å²) in [5.41, 5.74) is 1.28. The van der Waals surface area contributed by atoms with E-state index in [2.05, 4.69) is 10.6 Å². The first-order valence-electron chi connectivity index (χ1n) is 10.8. The molecule has 0 aromatic heterocycles. The minimum atomic E-state index is -0.285. The minimum Gasteiger partial charge on any atom is -0.355 e. The molecule has 0 bridgehead atoms. The number of amides is 4. The Morgan fingerprint density at radius 2 is 2.00 bits per heavy atom. The molecule has 9 heteroatoms. The van der Waals surface area contributed by atoms with Gasteiger partial charge in [-0.15, -0.1) is 0 Å². The lowest BCUT2D eigenvalue weighted by atomic mass is 10.1. The van der Waals surface area contributed by atoms with Crippen molar-refractivity contribution in [3.63, 3.8) is 0 Å². The Balaban J connectivity index is 1.47. The molecule has 3 rings (SSSR count). The van der Waals surface area contributed by atoms with Crippen molar-refractivity contribution in [1.82, 2.24) is 15.1 Å². The van der Waals surface area contributed by atoms with Crippen molar-refractivity contribution >= 4 is 35.0 Å². The molecule has 2 N–H and O–H groups in total.